The minimum absolute atomic E-state index is 0.669. The smallest absolute Gasteiger partial charge is 0.148 e. The number of nitrogens with two attached hydrogens (primary N) is 1. The molecular weight excluding hydrogens is 272 g/mol. The molecule has 0 bridgehead atoms. The molecule has 0 saturated heterocycles. The Morgan fingerprint density at radius 3 is 2.65 bits per heavy atom. The van der Waals surface area contributed by atoms with Crippen LogP contribution >= 0.6 is 11.3 Å². The Morgan fingerprint density at radius 1 is 1.20 bits per heavy atom. The Labute approximate surface area is 122 Å². The minimum Gasteiger partial charge on any atom is -0.363 e. The van der Waals surface area contributed by atoms with Crippen molar-refractivity contribution in [2.75, 3.05) is 10.7 Å². The lowest BCUT2D eigenvalue weighted by Gasteiger charge is -2.12. The van der Waals surface area contributed by atoms with Gasteiger partial charge in [-0.05, 0) is 12.8 Å². The molecule has 4 N–H and O–H groups in total. The van der Waals surface area contributed by atoms with Gasteiger partial charge < -0.3 is 10.7 Å². The van der Waals surface area contributed by atoms with Gasteiger partial charge in [0, 0.05) is 16.6 Å². The van der Waals surface area contributed by atoms with E-state index in [0.29, 0.717) is 12.4 Å². The lowest BCUT2D eigenvalue weighted by Crippen LogP contribution is -2.14. The molecule has 7 heteroatoms. The summed E-state index contributed by atoms with van der Waals surface area (Å²) in [5.74, 6) is 7.00. The van der Waals surface area contributed by atoms with E-state index in [4.69, 9.17) is 5.84 Å². The molecule has 0 atom stereocenters. The second-order valence-corrected chi connectivity index (χ2v) is 5.57. The summed E-state index contributed by atoms with van der Waals surface area (Å²) in [6.07, 6.45) is 6.35. The van der Waals surface area contributed by atoms with Crippen LogP contribution in [0.15, 0.2) is 12.5 Å². The van der Waals surface area contributed by atoms with Gasteiger partial charge in [0.15, 0.2) is 0 Å². The number of hydrazine groups is 1. The summed E-state index contributed by atoms with van der Waals surface area (Å²) in [5.41, 5.74) is 3.65. The van der Waals surface area contributed by atoms with Gasteiger partial charge in [-0.2, -0.15) is 0 Å². The molecule has 2 aromatic rings. The molecular formula is C13H20N6S. The van der Waals surface area contributed by atoms with E-state index in [9.17, 15) is 0 Å². The lowest BCUT2D eigenvalue weighted by atomic mass is 10.1. The van der Waals surface area contributed by atoms with Crippen LogP contribution in [0.2, 0.25) is 0 Å². The van der Waals surface area contributed by atoms with Gasteiger partial charge in [0.25, 0.3) is 0 Å². The van der Waals surface area contributed by atoms with Gasteiger partial charge in [-0.15, -0.1) is 11.3 Å². The summed E-state index contributed by atoms with van der Waals surface area (Å²) in [7, 11) is 0. The number of nitrogen functional groups attached to an aromatic ring is 1. The van der Waals surface area contributed by atoms with Crippen LogP contribution in [-0.2, 0) is 19.4 Å². The molecule has 0 fully saturated rings. The third kappa shape index (κ3) is 3.43. The van der Waals surface area contributed by atoms with E-state index >= 15 is 0 Å². The van der Waals surface area contributed by atoms with Crippen LogP contribution in [0.4, 0.5) is 11.6 Å². The third-order valence-corrected chi connectivity index (χ3v) is 4.08. The summed E-state index contributed by atoms with van der Waals surface area (Å²) < 4.78 is 0. The largest absolute Gasteiger partial charge is 0.363 e. The van der Waals surface area contributed by atoms with Gasteiger partial charge in [-0.25, -0.2) is 20.8 Å². The maximum atomic E-state index is 5.50. The first-order valence-corrected chi connectivity index (χ1v) is 7.58. The average molecular weight is 292 g/mol. The lowest BCUT2D eigenvalue weighted by molar-refractivity contribution is 0.896. The van der Waals surface area contributed by atoms with E-state index in [1.54, 1.807) is 11.3 Å². The fraction of sp³-hybridized carbons (Fsp3) is 0.462. The Bertz CT molecular complexity index is 554. The molecule has 0 aliphatic heterocycles. The molecule has 0 aliphatic carbocycles. The van der Waals surface area contributed by atoms with Gasteiger partial charge in [0.2, 0.25) is 0 Å². The Balaban J connectivity index is 2.11. The van der Waals surface area contributed by atoms with E-state index in [1.165, 1.54) is 11.2 Å². The van der Waals surface area contributed by atoms with Crippen molar-refractivity contribution >= 4 is 23.0 Å². The number of nitrogens with one attached hydrogen (secondary N) is 2. The van der Waals surface area contributed by atoms with Crippen molar-refractivity contribution in [2.45, 2.75) is 39.7 Å². The Kier molecular flexibility index (Phi) is 5.25. The van der Waals surface area contributed by atoms with Gasteiger partial charge in [0.05, 0.1) is 6.54 Å². The fourth-order valence-electron chi connectivity index (χ4n) is 1.93. The highest BCUT2D eigenvalue weighted by Crippen LogP contribution is 2.22. The maximum Gasteiger partial charge on any atom is 0.148 e. The van der Waals surface area contributed by atoms with Crippen molar-refractivity contribution in [3.8, 4) is 0 Å². The van der Waals surface area contributed by atoms with Crippen molar-refractivity contribution in [3.05, 3.63) is 28.0 Å². The van der Waals surface area contributed by atoms with Crippen LogP contribution in [0.3, 0.4) is 0 Å². The molecule has 20 heavy (non-hydrogen) atoms. The highest BCUT2D eigenvalue weighted by molar-refractivity contribution is 7.11. The normalized spacial score (nSPS) is 10.6. The minimum atomic E-state index is 0.669. The molecule has 2 rings (SSSR count). The van der Waals surface area contributed by atoms with E-state index in [-0.39, 0.29) is 0 Å². The molecule has 0 spiro atoms. The van der Waals surface area contributed by atoms with Crippen LogP contribution in [0.25, 0.3) is 0 Å². The molecule has 0 aliphatic rings. The van der Waals surface area contributed by atoms with Gasteiger partial charge in [-0.1, -0.05) is 20.3 Å². The molecule has 2 heterocycles. The zero-order valence-electron chi connectivity index (χ0n) is 11.8. The van der Waals surface area contributed by atoms with Crippen LogP contribution in [0.1, 0.15) is 35.7 Å². The van der Waals surface area contributed by atoms with Crippen LogP contribution < -0.4 is 16.6 Å². The van der Waals surface area contributed by atoms with Crippen molar-refractivity contribution in [2.24, 2.45) is 5.84 Å². The monoisotopic (exact) mass is 292 g/mol. The number of thiazole rings is 1. The van der Waals surface area contributed by atoms with Gasteiger partial charge in [-0.3, -0.25) is 0 Å². The highest BCUT2D eigenvalue weighted by atomic mass is 32.1. The van der Waals surface area contributed by atoms with E-state index in [2.05, 4.69) is 39.5 Å². The summed E-state index contributed by atoms with van der Waals surface area (Å²) in [4.78, 5) is 14.1. The summed E-state index contributed by atoms with van der Waals surface area (Å²) in [6, 6.07) is 0. The predicted octanol–water partition coefficient (Wildman–Crippen LogP) is 2.35. The first-order valence-electron chi connectivity index (χ1n) is 6.76. The van der Waals surface area contributed by atoms with Gasteiger partial charge >= 0.3 is 0 Å². The van der Waals surface area contributed by atoms with E-state index in [1.807, 2.05) is 6.20 Å². The van der Waals surface area contributed by atoms with Crippen molar-refractivity contribution in [3.63, 3.8) is 0 Å². The predicted molar refractivity (Wildman–Crippen MR) is 82.7 cm³/mol. The molecule has 2 aromatic heterocycles. The first kappa shape index (κ1) is 14.7. The fourth-order valence-corrected chi connectivity index (χ4v) is 2.73. The van der Waals surface area contributed by atoms with E-state index in [0.717, 1.165) is 35.7 Å². The SMILES string of the molecule is CCCc1c(NN)ncnc1NCc1ncc(CC)s1. The molecule has 0 saturated carbocycles. The second-order valence-electron chi connectivity index (χ2n) is 4.37. The molecule has 0 unspecified atom stereocenters. The van der Waals surface area contributed by atoms with Crippen molar-refractivity contribution in [1.29, 1.82) is 0 Å². The zero-order chi connectivity index (χ0) is 14.4. The Morgan fingerprint density at radius 2 is 2.00 bits per heavy atom. The Hall–Kier alpha value is -1.73. The number of hydrogen-bond donors (Lipinski definition) is 3. The third-order valence-electron chi connectivity index (χ3n) is 2.94. The number of rotatable bonds is 7. The standard InChI is InChI=1S/C13H20N6S/c1-3-5-10-12(17-8-18-13(10)19-14)16-7-11-15-6-9(4-2)20-11/h6,8H,3-5,7,14H2,1-2H3,(H2,16,17,18,19). The average Bonchev–Trinajstić information content (AvgIpc) is 2.94. The summed E-state index contributed by atoms with van der Waals surface area (Å²) in [5, 5.41) is 4.39. The molecule has 0 aromatic carbocycles. The van der Waals surface area contributed by atoms with Crippen LogP contribution in [0.5, 0.6) is 0 Å². The number of anilines is 2. The zero-order valence-corrected chi connectivity index (χ0v) is 12.6. The molecule has 108 valence electrons. The number of hydrogen-bond acceptors (Lipinski definition) is 7. The molecule has 0 radical (unpaired) electrons. The topological polar surface area (TPSA) is 88.8 Å². The summed E-state index contributed by atoms with van der Waals surface area (Å²) in [6.45, 7) is 4.92. The van der Waals surface area contributed by atoms with Gasteiger partial charge in [0.1, 0.15) is 23.0 Å². The van der Waals surface area contributed by atoms with Crippen molar-refractivity contribution < 1.29 is 0 Å². The van der Waals surface area contributed by atoms with Crippen LogP contribution in [-0.4, -0.2) is 15.0 Å². The van der Waals surface area contributed by atoms with Crippen molar-refractivity contribution in [1.82, 2.24) is 15.0 Å². The molecule has 0 amide bonds. The summed E-state index contributed by atoms with van der Waals surface area (Å²) >= 11 is 1.72. The maximum absolute atomic E-state index is 5.50. The quantitative estimate of drug-likeness (QED) is 0.536. The number of aromatic nitrogens is 3. The molecule has 6 nitrogen and oxygen atoms in total. The van der Waals surface area contributed by atoms with Crippen LogP contribution in [0, 0.1) is 0 Å². The number of nitrogens with zero attached hydrogens (tertiary/aromatic N) is 3. The highest BCUT2D eigenvalue weighted by Gasteiger charge is 2.10. The first-order chi connectivity index (χ1) is 9.78. The second kappa shape index (κ2) is 7.16. The van der Waals surface area contributed by atoms with E-state index < -0.39 is 0 Å². The number of aryl methyl sites for hydroxylation is 1.